The zero-order valence-corrected chi connectivity index (χ0v) is 12.0. The van der Waals surface area contributed by atoms with Crippen molar-refractivity contribution in [1.82, 2.24) is 4.98 Å². The first-order chi connectivity index (χ1) is 8.66. The maximum atomic E-state index is 12.5. The Morgan fingerprint density at radius 1 is 1.56 bits per heavy atom. The Balaban J connectivity index is 2.06. The number of carbonyl (C=O) groups is 1. The highest BCUT2D eigenvalue weighted by molar-refractivity contribution is 7.09. The molecule has 0 saturated heterocycles. The van der Waals surface area contributed by atoms with Crippen molar-refractivity contribution in [3.8, 4) is 0 Å². The van der Waals surface area contributed by atoms with Gasteiger partial charge in [-0.1, -0.05) is 6.92 Å². The standard InChI is InChI=1S/C14H21NO2S/c1-3-17-14(6-4-11(2)5-7-14)13(16)8-12-9-15-10-18-12/h9-11H,3-8H2,1-2H3. The smallest absolute Gasteiger partial charge is 0.169 e. The Kier molecular flexibility index (Phi) is 4.51. The molecule has 0 amide bonds. The maximum Gasteiger partial charge on any atom is 0.169 e. The third-order valence-electron chi connectivity index (χ3n) is 3.83. The fourth-order valence-corrected chi connectivity index (χ4v) is 3.25. The Morgan fingerprint density at radius 3 is 2.83 bits per heavy atom. The van der Waals surface area contributed by atoms with Gasteiger partial charge in [-0.05, 0) is 38.5 Å². The Labute approximate surface area is 113 Å². The van der Waals surface area contributed by atoms with E-state index in [2.05, 4.69) is 11.9 Å². The normalized spacial score (nSPS) is 28.2. The Bertz CT molecular complexity index is 381. The van der Waals surface area contributed by atoms with Crippen LogP contribution < -0.4 is 0 Å². The van der Waals surface area contributed by atoms with E-state index in [0.717, 1.165) is 36.5 Å². The zero-order chi connectivity index (χ0) is 13.0. The average molecular weight is 267 g/mol. The van der Waals surface area contributed by atoms with Crippen molar-refractivity contribution < 1.29 is 9.53 Å². The fourth-order valence-electron chi connectivity index (χ4n) is 2.66. The molecule has 0 aliphatic heterocycles. The molecule has 0 spiro atoms. The maximum absolute atomic E-state index is 12.5. The van der Waals surface area contributed by atoms with E-state index in [9.17, 15) is 4.79 Å². The van der Waals surface area contributed by atoms with E-state index in [4.69, 9.17) is 4.74 Å². The van der Waals surface area contributed by atoms with Gasteiger partial charge in [0.2, 0.25) is 0 Å². The van der Waals surface area contributed by atoms with Crippen molar-refractivity contribution in [3.63, 3.8) is 0 Å². The molecule has 1 aromatic heterocycles. The summed E-state index contributed by atoms with van der Waals surface area (Å²) in [6.07, 6.45) is 6.19. The molecule has 0 bridgehead atoms. The lowest BCUT2D eigenvalue weighted by molar-refractivity contribution is -0.149. The average Bonchev–Trinajstić information content (AvgIpc) is 2.85. The summed E-state index contributed by atoms with van der Waals surface area (Å²) >= 11 is 1.55. The predicted molar refractivity (Wildman–Crippen MR) is 72.8 cm³/mol. The van der Waals surface area contributed by atoms with Gasteiger partial charge in [-0.2, -0.15) is 0 Å². The summed E-state index contributed by atoms with van der Waals surface area (Å²) in [5, 5.41) is 0. The lowest BCUT2D eigenvalue weighted by atomic mass is 9.76. The molecule has 1 aliphatic carbocycles. The van der Waals surface area contributed by atoms with Crippen LogP contribution in [0.2, 0.25) is 0 Å². The molecule has 1 fully saturated rings. The minimum atomic E-state index is -0.523. The molecule has 18 heavy (non-hydrogen) atoms. The van der Waals surface area contributed by atoms with Crippen molar-refractivity contribution in [2.75, 3.05) is 6.61 Å². The van der Waals surface area contributed by atoms with Crippen LogP contribution in [0, 0.1) is 5.92 Å². The highest BCUT2D eigenvalue weighted by Gasteiger charge is 2.41. The van der Waals surface area contributed by atoms with Gasteiger partial charge in [0.05, 0.1) is 5.51 Å². The van der Waals surface area contributed by atoms with Gasteiger partial charge in [0.15, 0.2) is 5.78 Å². The molecule has 3 nitrogen and oxygen atoms in total. The Morgan fingerprint density at radius 2 is 2.28 bits per heavy atom. The van der Waals surface area contributed by atoms with E-state index in [1.54, 1.807) is 23.0 Å². The number of carbonyl (C=O) groups excluding carboxylic acids is 1. The van der Waals surface area contributed by atoms with E-state index >= 15 is 0 Å². The second-order valence-corrected chi connectivity index (χ2v) is 6.15. The highest BCUT2D eigenvalue weighted by Crippen LogP contribution is 2.36. The summed E-state index contributed by atoms with van der Waals surface area (Å²) in [5.41, 5.74) is 1.25. The third kappa shape index (κ3) is 2.98. The number of hydrogen-bond donors (Lipinski definition) is 0. The first-order valence-electron chi connectivity index (χ1n) is 6.71. The van der Waals surface area contributed by atoms with Gasteiger partial charge in [-0.25, -0.2) is 0 Å². The van der Waals surface area contributed by atoms with E-state index in [0.29, 0.717) is 13.0 Å². The molecule has 1 saturated carbocycles. The SMILES string of the molecule is CCOC1(C(=O)Cc2cncs2)CCC(C)CC1. The fraction of sp³-hybridized carbons (Fsp3) is 0.714. The molecule has 1 aromatic rings. The Hall–Kier alpha value is -0.740. The summed E-state index contributed by atoms with van der Waals surface area (Å²) in [5.74, 6) is 0.954. The van der Waals surface area contributed by atoms with Crippen LogP contribution >= 0.6 is 11.3 Å². The number of nitrogens with zero attached hydrogens (tertiary/aromatic N) is 1. The second-order valence-electron chi connectivity index (χ2n) is 5.18. The molecule has 1 aliphatic rings. The number of thiazole rings is 1. The van der Waals surface area contributed by atoms with E-state index < -0.39 is 5.60 Å². The lowest BCUT2D eigenvalue weighted by Gasteiger charge is -2.37. The number of aromatic nitrogens is 1. The van der Waals surface area contributed by atoms with E-state index in [1.807, 2.05) is 6.92 Å². The van der Waals surface area contributed by atoms with Gasteiger partial charge in [-0.15, -0.1) is 11.3 Å². The lowest BCUT2D eigenvalue weighted by Crippen LogP contribution is -2.45. The monoisotopic (exact) mass is 267 g/mol. The summed E-state index contributed by atoms with van der Waals surface area (Å²) in [7, 11) is 0. The van der Waals surface area contributed by atoms with Gasteiger partial charge in [0.25, 0.3) is 0 Å². The van der Waals surface area contributed by atoms with Gasteiger partial charge >= 0.3 is 0 Å². The van der Waals surface area contributed by atoms with Crippen molar-refractivity contribution in [1.29, 1.82) is 0 Å². The summed E-state index contributed by atoms with van der Waals surface area (Å²) < 4.78 is 5.86. The van der Waals surface area contributed by atoms with Crippen LogP contribution in [0.4, 0.5) is 0 Å². The number of ketones is 1. The summed E-state index contributed by atoms with van der Waals surface area (Å²) in [6.45, 7) is 4.84. The van der Waals surface area contributed by atoms with Gasteiger partial charge < -0.3 is 4.74 Å². The molecular formula is C14H21NO2S. The molecule has 100 valence electrons. The first-order valence-corrected chi connectivity index (χ1v) is 7.59. The van der Waals surface area contributed by atoms with Crippen LogP contribution in [0.1, 0.15) is 44.4 Å². The highest BCUT2D eigenvalue weighted by atomic mass is 32.1. The summed E-state index contributed by atoms with van der Waals surface area (Å²) in [6, 6.07) is 0. The molecule has 0 unspecified atom stereocenters. The van der Waals surface area contributed by atoms with Gasteiger partial charge in [0.1, 0.15) is 5.60 Å². The van der Waals surface area contributed by atoms with Crippen LogP contribution in [0.3, 0.4) is 0 Å². The van der Waals surface area contributed by atoms with Crippen LogP contribution in [0.5, 0.6) is 0 Å². The number of Topliss-reactive ketones (excluding diaryl/α,β-unsaturated/α-hetero) is 1. The van der Waals surface area contributed by atoms with Crippen LogP contribution in [0.25, 0.3) is 0 Å². The van der Waals surface area contributed by atoms with Crippen molar-refractivity contribution in [2.24, 2.45) is 5.92 Å². The second kappa shape index (κ2) is 5.93. The van der Waals surface area contributed by atoms with Gasteiger partial charge in [-0.3, -0.25) is 9.78 Å². The quantitative estimate of drug-likeness (QED) is 0.822. The molecular weight excluding hydrogens is 246 g/mol. The van der Waals surface area contributed by atoms with Crippen LogP contribution in [-0.2, 0) is 16.0 Å². The first kappa shape index (κ1) is 13.7. The number of rotatable bonds is 5. The molecule has 2 rings (SSSR count). The number of hydrogen-bond acceptors (Lipinski definition) is 4. The topological polar surface area (TPSA) is 39.2 Å². The van der Waals surface area contributed by atoms with Gasteiger partial charge in [0, 0.05) is 24.1 Å². The zero-order valence-electron chi connectivity index (χ0n) is 11.1. The van der Waals surface area contributed by atoms with Crippen LogP contribution in [-0.4, -0.2) is 23.0 Å². The van der Waals surface area contributed by atoms with E-state index in [1.165, 1.54) is 0 Å². The minimum Gasteiger partial charge on any atom is -0.367 e. The molecule has 0 N–H and O–H groups in total. The summed E-state index contributed by atoms with van der Waals surface area (Å²) in [4.78, 5) is 17.6. The van der Waals surface area contributed by atoms with Crippen molar-refractivity contribution in [2.45, 2.75) is 51.6 Å². The molecule has 0 atom stereocenters. The van der Waals surface area contributed by atoms with Crippen molar-refractivity contribution >= 4 is 17.1 Å². The molecule has 4 heteroatoms. The molecule has 0 aromatic carbocycles. The van der Waals surface area contributed by atoms with Crippen molar-refractivity contribution in [3.05, 3.63) is 16.6 Å². The molecule has 1 heterocycles. The largest absolute Gasteiger partial charge is 0.367 e. The number of ether oxygens (including phenoxy) is 1. The molecule has 0 radical (unpaired) electrons. The van der Waals surface area contributed by atoms with E-state index in [-0.39, 0.29) is 5.78 Å². The van der Waals surface area contributed by atoms with Crippen LogP contribution in [0.15, 0.2) is 11.7 Å². The third-order valence-corrected chi connectivity index (χ3v) is 4.61. The minimum absolute atomic E-state index is 0.237. The predicted octanol–water partition coefficient (Wildman–Crippen LogP) is 3.24.